The zero-order chi connectivity index (χ0) is 14.6. The highest BCUT2D eigenvalue weighted by Gasteiger charge is 2.21. The normalized spacial score (nSPS) is 10.6. The van der Waals surface area contributed by atoms with Crippen LogP contribution in [0.3, 0.4) is 0 Å². The van der Waals surface area contributed by atoms with Gasteiger partial charge in [-0.05, 0) is 30.5 Å². The molecule has 1 amide bonds. The second-order valence-corrected chi connectivity index (χ2v) is 5.36. The molecule has 0 radical (unpaired) electrons. The molecule has 0 bridgehead atoms. The molecule has 4 nitrogen and oxygen atoms in total. The molecule has 19 heavy (non-hydrogen) atoms. The van der Waals surface area contributed by atoms with E-state index in [1.807, 2.05) is 20.8 Å². The first kappa shape index (κ1) is 15.5. The molecule has 5 heteroatoms. The molecule has 0 saturated heterocycles. The lowest BCUT2D eigenvalue weighted by Crippen LogP contribution is -2.38. The zero-order valence-corrected chi connectivity index (χ0v) is 12.1. The van der Waals surface area contributed by atoms with Crippen LogP contribution in [0.5, 0.6) is 0 Å². The summed E-state index contributed by atoms with van der Waals surface area (Å²) >= 11 is 6.05. The number of aryl methyl sites for hydroxylation is 1. The van der Waals surface area contributed by atoms with Crippen molar-refractivity contribution in [3.63, 3.8) is 0 Å². The number of nitrogens with zero attached hydrogens (tertiary/aromatic N) is 1. The Kier molecular flexibility index (Phi) is 5.36. The van der Waals surface area contributed by atoms with Gasteiger partial charge in [0.1, 0.15) is 6.54 Å². The number of carbonyl (C=O) groups excluding carboxylic acids is 1. The number of hydrogen-bond acceptors (Lipinski definition) is 2. The Bertz CT molecular complexity index is 486. The zero-order valence-electron chi connectivity index (χ0n) is 11.3. The van der Waals surface area contributed by atoms with Gasteiger partial charge in [-0.1, -0.05) is 31.5 Å². The molecule has 1 rings (SSSR count). The summed E-state index contributed by atoms with van der Waals surface area (Å²) in [6.07, 6.45) is 0. The molecule has 0 fully saturated rings. The number of carboxylic acids is 1. The van der Waals surface area contributed by atoms with E-state index in [9.17, 15) is 9.59 Å². The van der Waals surface area contributed by atoms with Gasteiger partial charge in [0.15, 0.2) is 0 Å². The number of hydrogen-bond donors (Lipinski definition) is 1. The Balaban J connectivity index is 3.00. The van der Waals surface area contributed by atoms with Crippen molar-refractivity contribution in [2.45, 2.75) is 20.8 Å². The van der Waals surface area contributed by atoms with Gasteiger partial charge in [0, 0.05) is 6.54 Å². The maximum atomic E-state index is 12.3. The van der Waals surface area contributed by atoms with Crippen LogP contribution >= 0.6 is 11.6 Å². The van der Waals surface area contributed by atoms with Crippen molar-refractivity contribution < 1.29 is 14.7 Å². The van der Waals surface area contributed by atoms with Crippen molar-refractivity contribution in [2.75, 3.05) is 13.1 Å². The van der Waals surface area contributed by atoms with E-state index >= 15 is 0 Å². The Morgan fingerprint density at radius 3 is 2.47 bits per heavy atom. The maximum Gasteiger partial charge on any atom is 0.323 e. The molecule has 0 aliphatic rings. The van der Waals surface area contributed by atoms with Crippen LogP contribution in [0.15, 0.2) is 18.2 Å². The van der Waals surface area contributed by atoms with E-state index < -0.39 is 5.97 Å². The predicted molar refractivity (Wildman–Crippen MR) is 74.6 cm³/mol. The topological polar surface area (TPSA) is 57.6 Å². The highest BCUT2D eigenvalue weighted by molar-refractivity contribution is 6.33. The molecule has 0 spiro atoms. The van der Waals surface area contributed by atoms with Crippen LogP contribution in [0.1, 0.15) is 29.8 Å². The molecular weight excluding hydrogens is 266 g/mol. The fourth-order valence-electron chi connectivity index (χ4n) is 1.79. The summed E-state index contributed by atoms with van der Waals surface area (Å²) in [6, 6.07) is 5.12. The van der Waals surface area contributed by atoms with Crippen LogP contribution in [0, 0.1) is 12.8 Å². The van der Waals surface area contributed by atoms with Gasteiger partial charge in [0.2, 0.25) is 0 Å². The minimum atomic E-state index is -1.03. The molecule has 104 valence electrons. The van der Waals surface area contributed by atoms with Crippen molar-refractivity contribution >= 4 is 23.5 Å². The summed E-state index contributed by atoms with van der Waals surface area (Å²) in [4.78, 5) is 24.5. The number of amides is 1. The lowest BCUT2D eigenvalue weighted by Gasteiger charge is -2.23. The van der Waals surface area contributed by atoms with Crippen LogP contribution in [0.2, 0.25) is 5.02 Å². The van der Waals surface area contributed by atoms with E-state index in [0.29, 0.717) is 17.1 Å². The number of carboxylic acid groups (broad SMARTS) is 1. The average Bonchev–Trinajstić information content (AvgIpc) is 2.26. The second-order valence-electron chi connectivity index (χ2n) is 4.96. The van der Waals surface area contributed by atoms with Crippen LogP contribution in [-0.2, 0) is 4.79 Å². The summed E-state index contributed by atoms with van der Waals surface area (Å²) in [5.41, 5.74) is 1.30. The largest absolute Gasteiger partial charge is 0.480 e. The smallest absolute Gasteiger partial charge is 0.323 e. The van der Waals surface area contributed by atoms with E-state index in [1.165, 1.54) is 4.90 Å². The second kappa shape index (κ2) is 6.57. The number of benzene rings is 1. The summed E-state index contributed by atoms with van der Waals surface area (Å²) in [5, 5.41) is 9.23. The molecular formula is C14H18ClNO3. The number of carbonyl (C=O) groups is 2. The fraction of sp³-hybridized carbons (Fsp3) is 0.429. The van der Waals surface area contributed by atoms with Gasteiger partial charge in [0.05, 0.1) is 10.6 Å². The van der Waals surface area contributed by atoms with Crippen LogP contribution in [-0.4, -0.2) is 35.0 Å². The highest BCUT2D eigenvalue weighted by Crippen LogP contribution is 2.19. The molecule has 0 aromatic heterocycles. The van der Waals surface area contributed by atoms with Crippen LogP contribution < -0.4 is 0 Å². The van der Waals surface area contributed by atoms with Crippen molar-refractivity contribution in [1.29, 1.82) is 0 Å². The highest BCUT2D eigenvalue weighted by atomic mass is 35.5. The molecule has 0 aliphatic carbocycles. The van der Waals surface area contributed by atoms with Gasteiger partial charge in [-0.3, -0.25) is 9.59 Å². The van der Waals surface area contributed by atoms with E-state index in [1.54, 1.807) is 18.2 Å². The van der Waals surface area contributed by atoms with Crippen molar-refractivity contribution in [2.24, 2.45) is 5.92 Å². The standard InChI is InChI=1S/C14H18ClNO3/c1-9(2)7-16(8-13(17)18)14(19)11-5-4-10(3)6-12(11)15/h4-6,9H,7-8H2,1-3H3,(H,17,18). The van der Waals surface area contributed by atoms with Gasteiger partial charge in [0.25, 0.3) is 5.91 Å². The van der Waals surface area contributed by atoms with E-state index in [-0.39, 0.29) is 18.4 Å². The maximum absolute atomic E-state index is 12.3. The third kappa shape index (κ3) is 4.56. The number of halogens is 1. The average molecular weight is 284 g/mol. The van der Waals surface area contributed by atoms with Gasteiger partial charge in [-0.25, -0.2) is 0 Å². The third-order valence-electron chi connectivity index (χ3n) is 2.55. The Morgan fingerprint density at radius 1 is 1.37 bits per heavy atom. The molecule has 0 atom stereocenters. The first-order valence-electron chi connectivity index (χ1n) is 6.08. The Morgan fingerprint density at radius 2 is 2.00 bits per heavy atom. The van der Waals surface area contributed by atoms with Gasteiger partial charge in [-0.2, -0.15) is 0 Å². The van der Waals surface area contributed by atoms with Crippen LogP contribution in [0.4, 0.5) is 0 Å². The Hall–Kier alpha value is -1.55. The minimum Gasteiger partial charge on any atom is -0.480 e. The van der Waals surface area contributed by atoms with Gasteiger partial charge >= 0.3 is 5.97 Å². The molecule has 0 heterocycles. The van der Waals surface area contributed by atoms with E-state index in [0.717, 1.165) is 5.56 Å². The molecule has 1 aromatic carbocycles. The molecule has 0 unspecified atom stereocenters. The minimum absolute atomic E-state index is 0.188. The molecule has 1 N–H and O–H groups in total. The summed E-state index contributed by atoms with van der Waals surface area (Å²) in [7, 11) is 0. The number of aliphatic carboxylic acids is 1. The fourth-order valence-corrected chi connectivity index (χ4v) is 2.10. The quantitative estimate of drug-likeness (QED) is 0.904. The van der Waals surface area contributed by atoms with E-state index in [4.69, 9.17) is 16.7 Å². The third-order valence-corrected chi connectivity index (χ3v) is 2.87. The van der Waals surface area contributed by atoms with Crippen molar-refractivity contribution in [3.05, 3.63) is 34.3 Å². The summed E-state index contributed by atoms with van der Waals surface area (Å²) < 4.78 is 0. The van der Waals surface area contributed by atoms with Gasteiger partial charge < -0.3 is 10.0 Å². The predicted octanol–water partition coefficient (Wildman–Crippen LogP) is 2.83. The Labute approximate surface area is 118 Å². The van der Waals surface area contributed by atoms with E-state index in [2.05, 4.69) is 0 Å². The van der Waals surface area contributed by atoms with Crippen molar-refractivity contribution in [1.82, 2.24) is 4.90 Å². The monoisotopic (exact) mass is 283 g/mol. The van der Waals surface area contributed by atoms with Gasteiger partial charge in [-0.15, -0.1) is 0 Å². The molecule has 1 aromatic rings. The lowest BCUT2D eigenvalue weighted by molar-refractivity contribution is -0.137. The molecule has 0 saturated carbocycles. The number of rotatable bonds is 5. The first-order chi connectivity index (χ1) is 8.81. The molecule has 0 aliphatic heterocycles. The summed E-state index contributed by atoms with van der Waals surface area (Å²) in [6.45, 7) is 5.80. The van der Waals surface area contributed by atoms with Crippen molar-refractivity contribution in [3.8, 4) is 0 Å². The summed E-state index contributed by atoms with van der Waals surface area (Å²) in [5.74, 6) is -1.19. The van der Waals surface area contributed by atoms with Crippen LogP contribution in [0.25, 0.3) is 0 Å². The first-order valence-corrected chi connectivity index (χ1v) is 6.46. The SMILES string of the molecule is Cc1ccc(C(=O)N(CC(=O)O)CC(C)C)c(Cl)c1. The lowest BCUT2D eigenvalue weighted by atomic mass is 10.1.